The van der Waals surface area contributed by atoms with Gasteiger partial charge in [0.05, 0.1) is 5.75 Å². The number of hydrogen-bond donors (Lipinski definition) is 3. The van der Waals surface area contributed by atoms with E-state index < -0.39 is 5.25 Å². The van der Waals surface area contributed by atoms with Gasteiger partial charge in [0.1, 0.15) is 5.25 Å². The van der Waals surface area contributed by atoms with E-state index in [0.717, 1.165) is 17.3 Å². The minimum Gasteiger partial charge on any atom is -0.326 e. The molecule has 0 spiro atoms. The van der Waals surface area contributed by atoms with Gasteiger partial charge in [-0.1, -0.05) is 41.2 Å². The fraction of sp³-hybridized carbons (Fsp3) is 0.267. The van der Waals surface area contributed by atoms with Gasteiger partial charge in [-0.2, -0.15) is 0 Å². The quantitative estimate of drug-likeness (QED) is 0.679. The zero-order valence-electron chi connectivity index (χ0n) is 13.2. The van der Waals surface area contributed by atoms with Crippen LogP contribution in [0, 0.1) is 6.92 Å². The maximum atomic E-state index is 12.1. The number of nitrogens with one attached hydrogen (secondary N) is 3. The summed E-state index contributed by atoms with van der Waals surface area (Å²) in [6.07, 6.45) is 0.0332. The zero-order chi connectivity index (χ0) is 17.8. The predicted octanol–water partition coefficient (Wildman–Crippen LogP) is 1.05. The Balaban J connectivity index is 1.54. The molecule has 3 amide bonds. The number of hydrogen-bond acceptors (Lipinski definition) is 7. The minimum absolute atomic E-state index is 0.0332. The molecule has 130 valence electrons. The lowest BCUT2D eigenvalue weighted by Crippen LogP contribution is -2.28. The summed E-state index contributed by atoms with van der Waals surface area (Å²) >= 11 is 2.39. The second-order valence-corrected chi connectivity index (χ2v) is 7.52. The molecule has 2 fully saturated rings. The van der Waals surface area contributed by atoms with E-state index in [4.69, 9.17) is 0 Å². The number of amides is 3. The predicted molar refractivity (Wildman–Crippen MR) is 99.4 cm³/mol. The molecule has 0 bridgehead atoms. The van der Waals surface area contributed by atoms with Crippen molar-refractivity contribution in [3.8, 4) is 0 Å². The molecular weight excluding hydrogens is 362 g/mol. The molecule has 0 aliphatic carbocycles. The number of anilines is 1. The van der Waals surface area contributed by atoms with E-state index in [1.807, 2.05) is 31.2 Å². The van der Waals surface area contributed by atoms with Crippen molar-refractivity contribution >= 4 is 57.3 Å². The molecule has 0 radical (unpaired) electrons. The first kappa shape index (κ1) is 17.5. The van der Waals surface area contributed by atoms with E-state index in [1.54, 1.807) is 0 Å². The van der Waals surface area contributed by atoms with Crippen LogP contribution in [-0.4, -0.2) is 39.1 Å². The Hall–Kier alpha value is -2.33. The Kier molecular flexibility index (Phi) is 5.39. The van der Waals surface area contributed by atoms with Gasteiger partial charge in [-0.25, -0.2) is 0 Å². The highest BCUT2D eigenvalue weighted by Crippen LogP contribution is 2.23. The number of thioether (sulfide) groups is 2. The van der Waals surface area contributed by atoms with Crippen LogP contribution in [0.15, 0.2) is 34.5 Å². The van der Waals surface area contributed by atoms with Crippen LogP contribution < -0.4 is 16.0 Å². The van der Waals surface area contributed by atoms with E-state index in [2.05, 4.69) is 26.2 Å². The number of carbonyl (C=O) groups is 3. The molecule has 8 nitrogen and oxygen atoms in total. The largest absolute Gasteiger partial charge is 0.326 e. The fourth-order valence-corrected chi connectivity index (χ4v) is 3.62. The summed E-state index contributed by atoms with van der Waals surface area (Å²) in [7, 11) is 0. The van der Waals surface area contributed by atoms with Crippen LogP contribution >= 0.6 is 23.5 Å². The van der Waals surface area contributed by atoms with Gasteiger partial charge in [0, 0.05) is 12.1 Å². The Morgan fingerprint density at radius 1 is 1.20 bits per heavy atom. The van der Waals surface area contributed by atoms with Crippen LogP contribution in [-0.2, 0) is 14.4 Å². The Morgan fingerprint density at radius 3 is 2.60 bits per heavy atom. The van der Waals surface area contributed by atoms with E-state index >= 15 is 0 Å². The van der Waals surface area contributed by atoms with Crippen molar-refractivity contribution in [1.82, 2.24) is 10.6 Å². The van der Waals surface area contributed by atoms with Crippen molar-refractivity contribution in [2.75, 3.05) is 11.1 Å². The molecule has 10 heteroatoms. The summed E-state index contributed by atoms with van der Waals surface area (Å²) in [6.45, 7) is 1.96. The number of nitrogens with zero attached hydrogens (tertiary/aromatic N) is 2. The number of rotatable bonds is 4. The number of benzene rings is 1. The second-order valence-electron chi connectivity index (χ2n) is 5.36. The molecule has 0 saturated carbocycles. The monoisotopic (exact) mass is 377 g/mol. The number of amidine groups is 2. The average Bonchev–Trinajstić information content (AvgIpc) is 3.14. The van der Waals surface area contributed by atoms with Crippen LogP contribution in [0.3, 0.4) is 0 Å². The van der Waals surface area contributed by atoms with Crippen molar-refractivity contribution in [2.45, 2.75) is 18.6 Å². The molecule has 3 rings (SSSR count). The maximum Gasteiger partial charge on any atom is 0.240 e. The van der Waals surface area contributed by atoms with E-state index in [9.17, 15) is 14.4 Å². The normalized spacial score (nSPS) is 23.0. The highest BCUT2D eigenvalue weighted by atomic mass is 32.2. The maximum absolute atomic E-state index is 12.1. The van der Waals surface area contributed by atoms with Gasteiger partial charge in [-0.3, -0.25) is 14.4 Å². The standard InChI is InChI=1S/C15H15N5O3S2/c1-8-2-4-9(5-3-8)16-11(21)6-10-13(23)18-15(25-10)20-19-14-17-12(22)7-24-14/h2-5,10H,6-7H2,1H3,(H,16,21)(H,17,19,22)(H,18,20,23)/t10-/m0/s1. The molecule has 2 aliphatic rings. The Morgan fingerprint density at radius 2 is 1.92 bits per heavy atom. The third kappa shape index (κ3) is 4.83. The number of aryl methyl sites for hydroxylation is 1. The van der Waals surface area contributed by atoms with Crippen molar-refractivity contribution in [2.24, 2.45) is 10.2 Å². The number of carbonyl (C=O) groups excluding carboxylic acids is 3. The summed E-state index contributed by atoms with van der Waals surface area (Å²) in [5.74, 6) is -0.350. The summed E-state index contributed by atoms with van der Waals surface area (Å²) in [5.41, 5.74) is 1.79. The van der Waals surface area contributed by atoms with Gasteiger partial charge in [-0.15, -0.1) is 10.2 Å². The second kappa shape index (κ2) is 7.70. The van der Waals surface area contributed by atoms with Gasteiger partial charge in [0.15, 0.2) is 10.3 Å². The van der Waals surface area contributed by atoms with Gasteiger partial charge in [0.25, 0.3) is 0 Å². The van der Waals surface area contributed by atoms with Crippen molar-refractivity contribution < 1.29 is 14.4 Å². The summed E-state index contributed by atoms with van der Waals surface area (Å²) in [5, 5.41) is 15.8. The minimum atomic E-state index is -0.560. The third-order valence-electron chi connectivity index (χ3n) is 3.30. The van der Waals surface area contributed by atoms with Crippen LogP contribution in [0.1, 0.15) is 12.0 Å². The molecule has 0 unspecified atom stereocenters. The molecular formula is C15H15N5O3S2. The van der Waals surface area contributed by atoms with Crippen LogP contribution in [0.5, 0.6) is 0 Å². The summed E-state index contributed by atoms with van der Waals surface area (Å²) in [6, 6.07) is 7.42. The molecule has 3 N–H and O–H groups in total. The van der Waals surface area contributed by atoms with Crippen molar-refractivity contribution in [3.05, 3.63) is 29.8 Å². The Bertz CT molecular complexity index is 776. The van der Waals surface area contributed by atoms with Crippen molar-refractivity contribution in [3.63, 3.8) is 0 Å². The molecule has 25 heavy (non-hydrogen) atoms. The van der Waals surface area contributed by atoms with Gasteiger partial charge < -0.3 is 16.0 Å². The van der Waals surface area contributed by atoms with Gasteiger partial charge >= 0.3 is 0 Å². The van der Waals surface area contributed by atoms with Gasteiger partial charge in [-0.05, 0) is 19.1 Å². The lowest BCUT2D eigenvalue weighted by Gasteiger charge is -2.07. The molecule has 1 aromatic rings. The molecule has 2 aliphatic heterocycles. The average molecular weight is 377 g/mol. The highest BCUT2D eigenvalue weighted by Gasteiger charge is 2.32. The van der Waals surface area contributed by atoms with E-state index in [-0.39, 0.29) is 24.1 Å². The molecule has 0 aromatic heterocycles. The third-order valence-corrected chi connectivity index (χ3v) is 5.24. The lowest BCUT2D eigenvalue weighted by atomic mass is 10.2. The topological polar surface area (TPSA) is 112 Å². The molecule has 1 aromatic carbocycles. The first-order chi connectivity index (χ1) is 12.0. The zero-order valence-corrected chi connectivity index (χ0v) is 14.9. The van der Waals surface area contributed by atoms with E-state index in [1.165, 1.54) is 11.8 Å². The SMILES string of the molecule is Cc1ccc(NC(=O)C[C@@H]2S/C(=N\N=C3\NC(=O)CS3)NC2=O)cc1. The molecule has 2 heterocycles. The summed E-state index contributed by atoms with van der Waals surface area (Å²) < 4.78 is 0. The van der Waals surface area contributed by atoms with Gasteiger partial charge in [0.2, 0.25) is 17.7 Å². The molecule has 1 atom stereocenters. The smallest absolute Gasteiger partial charge is 0.240 e. The lowest BCUT2D eigenvalue weighted by molar-refractivity contribution is -0.122. The van der Waals surface area contributed by atoms with Crippen LogP contribution in [0.25, 0.3) is 0 Å². The van der Waals surface area contributed by atoms with Crippen molar-refractivity contribution in [1.29, 1.82) is 0 Å². The summed E-state index contributed by atoms with van der Waals surface area (Å²) in [4.78, 5) is 35.1. The first-order valence-corrected chi connectivity index (χ1v) is 9.28. The first-order valence-electron chi connectivity index (χ1n) is 7.42. The van der Waals surface area contributed by atoms with Crippen LogP contribution in [0.4, 0.5) is 5.69 Å². The van der Waals surface area contributed by atoms with E-state index in [0.29, 0.717) is 21.8 Å². The molecule has 2 saturated heterocycles. The Labute approximate surface area is 152 Å². The van der Waals surface area contributed by atoms with Crippen LogP contribution in [0.2, 0.25) is 0 Å². The highest BCUT2D eigenvalue weighted by molar-refractivity contribution is 8.15. The fourth-order valence-electron chi connectivity index (χ4n) is 2.07.